The third-order valence-electron chi connectivity index (χ3n) is 2.60. The zero-order chi connectivity index (χ0) is 5.78. The van der Waals surface area contributed by atoms with Crippen LogP contribution in [0.2, 0.25) is 0 Å². The number of carboxylic acids is 1. The van der Waals surface area contributed by atoms with Crippen LogP contribution in [-0.4, -0.2) is 11.1 Å². The van der Waals surface area contributed by atoms with E-state index >= 15 is 0 Å². The molecule has 0 unspecified atom stereocenters. The molecule has 0 bridgehead atoms. The summed E-state index contributed by atoms with van der Waals surface area (Å²) in [6.45, 7) is 0. The number of carbonyl (C=O) groups is 1. The van der Waals surface area contributed by atoms with Crippen molar-refractivity contribution in [2.24, 2.45) is 11.3 Å². The predicted molar refractivity (Wildman–Crippen MR) is 27.4 cm³/mol. The van der Waals surface area contributed by atoms with Crippen molar-refractivity contribution in [3.8, 4) is 0 Å². The molecule has 2 nitrogen and oxygen atoms in total. The molecule has 0 aromatic carbocycles. The van der Waals surface area contributed by atoms with Crippen molar-refractivity contribution in [3.05, 3.63) is 0 Å². The van der Waals surface area contributed by atoms with Gasteiger partial charge in [0, 0.05) is 0 Å². The van der Waals surface area contributed by atoms with Gasteiger partial charge in [0.25, 0.3) is 0 Å². The number of aliphatic carboxylic acids is 1. The van der Waals surface area contributed by atoms with Crippen LogP contribution in [0.5, 0.6) is 0 Å². The SMILES string of the molecule is O=C(O)[C@]12CC[C@H]1C2. The maximum atomic E-state index is 10.3. The lowest BCUT2D eigenvalue weighted by molar-refractivity contribution is -0.146. The Morgan fingerprint density at radius 1 is 1.75 bits per heavy atom. The Bertz CT molecular complexity index is 149. The Hall–Kier alpha value is -0.530. The molecular formula is C6H8O2. The molecule has 2 aliphatic carbocycles. The lowest BCUT2D eigenvalue weighted by atomic mass is 9.85. The zero-order valence-corrected chi connectivity index (χ0v) is 4.55. The van der Waals surface area contributed by atoms with Crippen LogP contribution in [0.15, 0.2) is 0 Å². The summed E-state index contributed by atoms with van der Waals surface area (Å²) < 4.78 is 0. The van der Waals surface area contributed by atoms with Crippen LogP contribution >= 0.6 is 0 Å². The van der Waals surface area contributed by atoms with Crippen molar-refractivity contribution in [3.63, 3.8) is 0 Å². The van der Waals surface area contributed by atoms with Crippen LogP contribution in [0.1, 0.15) is 19.3 Å². The molecule has 0 heterocycles. The van der Waals surface area contributed by atoms with Crippen LogP contribution in [0, 0.1) is 11.3 Å². The Kier molecular flexibility index (Phi) is 0.504. The Morgan fingerprint density at radius 2 is 2.50 bits per heavy atom. The quantitative estimate of drug-likeness (QED) is 0.546. The average molecular weight is 112 g/mol. The highest BCUT2D eigenvalue weighted by Crippen LogP contribution is 2.67. The fourth-order valence-electron chi connectivity index (χ4n) is 1.65. The molecule has 0 radical (unpaired) electrons. The predicted octanol–water partition coefficient (Wildman–Crippen LogP) is 0.871. The third kappa shape index (κ3) is 0.261. The molecule has 0 amide bonds. The first-order valence-electron chi connectivity index (χ1n) is 2.99. The van der Waals surface area contributed by atoms with Crippen molar-refractivity contribution in [1.82, 2.24) is 0 Å². The largest absolute Gasteiger partial charge is 0.481 e. The summed E-state index contributed by atoms with van der Waals surface area (Å²) in [4.78, 5) is 10.3. The summed E-state index contributed by atoms with van der Waals surface area (Å²) in [6.07, 6.45) is 3.06. The average Bonchev–Trinajstić information content (AvgIpc) is 2.10. The van der Waals surface area contributed by atoms with Gasteiger partial charge in [-0.2, -0.15) is 0 Å². The van der Waals surface area contributed by atoms with E-state index in [4.69, 9.17) is 5.11 Å². The maximum absolute atomic E-state index is 10.3. The van der Waals surface area contributed by atoms with Gasteiger partial charge in [-0.05, 0) is 25.2 Å². The van der Waals surface area contributed by atoms with Crippen LogP contribution in [0.4, 0.5) is 0 Å². The minimum absolute atomic E-state index is 0.194. The molecular weight excluding hydrogens is 104 g/mol. The molecule has 2 rings (SSSR count). The number of fused-ring (bicyclic) bond motifs is 1. The van der Waals surface area contributed by atoms with E-state index in [9.17, 15) is 4.79 Å². The van der Waals surface area contributed by atoms with E-state index < -0.39 is 5.97 Å². The molecule has 0 aliphatic heterocycles. The van der Waals surface area contributed by atoms with Gasteiger partial charge in [0.2, 0.25) is 0 Å². The molecule has 1 N–H and O–H groups in total. The van der Waals surface area contributed by atoms with Gasteiger partial charge in [-0.1, -0.05) is 0 Å². The number of hydrogen-bond donors (Lipinski definition) is 1. The summed E-state index contributed by atoms with van der Waals surface area (Å²) in [5, 5.41) is 8.53. The van der Waals surface area contributed by atoms with Crippen LogP contribution < -0.4 is 0 Å². The van der Waals surface area contributed by atoms with Gasteiger partial charge in [0.15, 0.2) is 0 Å². The highest BCUT2D eigenvalue weighted by Gasteiger charge is 2.66. The summed E-state index contributed by atoms with van der Waals surface area (Å²) in [7, 11) is 0. The van der Waals surface area contributed by atoms with Gasteiger partial charge in [-0.15, -0.1) is 0 Å². The van der Waals surface area contributed by atoms with Gasteiger partial charge in [-0.3, -0.25) is 4.79 Å². The summed E-state index contributed by atoms with van der Waals surface area (Å²) in [6, 6.07) is 0. The highest BCUT2D eigenvalue weighted by atomic mass is 16.4. The lowest BCUT2D eigenvalue weighted by Gasteiger charge is -2.19. The lowest BCUT2D eigenvalue weighted by Crippen LogP contribution is -2.24. The van der Waals surface area contributed by atoms with Gasteiger partial charge >= 0.3 is 5.97 Å². The van der Waals surface area contributed by atoms with E-state index in [0.717, 1.165) is 19.3 Å². The molecule has 8 heavy (non-hydrogen) atoms. The number of hydrogen-bond acceptors (Lipinski definition) is 1. The molecule has 0 aromatic heterocycles. The van der Waals surface area contributed by atoms with Crippen LogP contribution in [0.3, 0.4) is 0 Å². The highest BCUT2D eigenvalue weighted by molar-refractivity contribution is 5.80. The number of carboxylic acid groups (broad SMARTS) is 1. The van der Waals surface area contributed by atoms with Crippen molar-refractivity contribution in [1.29, 1.82) is 0 Å². The Labute approximate surface area is 47.5 Å². The first-order valence-corrected chi connectivity index (χ1v) is 2.99. The van der Waals surface area contributed by atoms with Gasteiger partial charge < -0.3 is 5.11 Å². The molecule has 2 aliphatic rings. The monoisotopic (exact) mass is 112 g/mol. The summed E-state index contributed by atoms with van der Waals surface area (Å²) in [5.74, 6) is 0.00810. The van der Waals surface area contributed by atoms with Crippen molar-refractivity contribution in [2.75, 3.05) is 0 Å². The fraction of sp³-hybridized carbons (Fsp3) is 0.833. The molecule has 0 spiro atoms. The van der Waals surface area contributed by atoms with Crippen molar-refractivity contribution < 1.29 is 9.90 Å². The van der Waals surface area contributed by atoms with Gasteiger partial charge in [0.05, 0.1) is 5.41 Å². The minimum atomic E-state index is -0.561. The van der Waals surface area contributed by atoms with E-state index in [-0.39, 0.29) is 5.41 Å². The van der Waals surface area contributed by atoms with E-state index in [2.05, 4.69) is 0 Å². The van der Waals surface area contributed by atoms with Crippen LogP contribution in [0.25, 0.3) is 0 Å². The first-order chi connectivity index (χ1) is 3.76. The Balaban J connectivity index is 2.18. The van der Waals surface area contributed by atoms with E-state index in [0.29, 0.717) is 5.92 Å². The third-order valence-corrected chi connectivity index (χ3v) is 2.60. The second-order valence-corrected chi connectivity index (χ2v) is 2.90. The zero-order valence-electron chi connectivity index (χ0n) is 4.55. The molecule has 2 atom stereocenters. The minimum Gasteiger partial charge on any atom is -0.481 e. The summed E-state index contributed by atoms with van der Waals surface area (Å²) in [5.41, 5.74) is -0.194. The topological polar surface area (TPSA) is 37.3 Å². The smallest absolute Gasteiger partial charge is 0.309 e. The fourth-order valence-corrected chi connectivity index (χ4v) is 1.65. The molecule has 0 saturated heterocycles. The van der Waals surface area contributed by atoms with E-state index in [1.54, 1.807) is 0 Å². The van der Waals surface area contributed by atoms with Crippen molar-refractivity contribution >= 4 is 5.97 Å². The first kappa shape index (κ1) is 4.36. The molecule has 2 saturated carbocycles. The summed E-state index contributed by atoms with van der Waals surface area (Å²) >= 11 is 0. The van der Waals surface area contributed by atoms with Gasteiger partial charge in [-0.25, -0.2) is 0 Å². The molecule has 2 heteroatoms. The second kappa shape index (κ2) is 0.925. The number of rotatable bonds is 1. The van der Waals surface area contributed by atoms with E-state index in [1.165, 1.54) is 0 Å². The normalized spacial score (nSPS) is 49.2. The van der Waals surface area contributed by atoms with Crippen molar-refractivity contribution in [2.45, 2.75) is 19.3 Å². The molecule has 0 aromatic rings. The van der Waals surface area contributed by atoms with E-state index in [1.807, 2.05) is 0 Å². The maximum Gasteiger partial charge on any atom is 0.309 e. The standard InChI is InChI=1S/C6H8O2/c7-5(8)6-2-1-4(6)3-6/h4H,1-3H2,(H,7,8)/t4-,6-/m0/s1. The van der Waals surface area contributed by atoms with Crippen LogP contribution in [-0.2, 0) is 4.79 Å². The molecule has 44 valence electrons. The Morgan fingerprint density at radius 3 is 2.50 bits per heavy atom. The molecule has 2 fully saturated rings. The second-order valence-electron chi connectivity index (χ2n) is 2.90. The van der Waals surface area contributed by atoms with Gasteiger partial charge in [0.1, 0.15) is 0 Å².